The first kappa shape index (κ1) is 12.9. The van der Waals surface area contributed by atoms with Crippen LogP contribution in [-0.4, -0.2) is 17.6 Å². The fourth-order valence-electron chi connectivity index (χ4n) is 2.30. The van der Waals surface area contributed by atoms with Crippen LogP contribution in [0.3, 0.4) is 0 Å². The van der Waals surface area contributed by atoms with Crippen LogP contribution in [-0.2, 0) is 0 Å². The summed E-state index contributed by atoms with van der Waals surface area (Å²) >= 11 is 1.77. The highest BCUT2D eigenvalue weighted by Crippen LogP contribution is 2.47. The predicted octanol–water partition coefficient (Wildman–Crippen LogP) is 3.43. The minimum atomic E-state index is 0.248. The Balaban J connectivity index is 1.99. The van der Waals surface area contributed by atoms with Crippen LogP contribution in [0.4, 0.5) is 11.4 Å². The van der Waals surface area contributed by atoms with Gasteiger partial charge in [0, 0.05) is 22.8 Å². The van der Waals surface area contributed by atoms with Gasteiger partial charge in [-0.3, -0.25) is 0 Å². The molecule has 0 fully saturated rings. The van der Waals surface area contributed by atoms with Gasteiger partial charge < -0.3 is 15.8 Å². The number of rotatable bonds is 3. The molecule has 0 unspecified atom stereocenters. The first-order valence-electron chi connectivity index (χ1n) is 6.39. The molecule has 1 heterocycles. The Morgan fingerprint density at radius 1 is 1.05 bits per heavy atom. The molecule has 0 aliphatic carbocycles. The van der Waals surface area contributed by atoms with Crippen LogP contribution in [0.1, 0.15) is 6.42 Å². The average molecular weight is 285 g/mol. The topological polar surface area (TPSA) is 61.8 Å². The van der Waals surface area contributed by atoms with Gasteiger partial charge in [0.05, 0.1) is 11.4 Å². The first-order chi connectivity index (χ1) is 9.79. The van der Waals surface area contributed by atoms with Crippen LogP contribution in [0.2, 0.25) is 0 Å². The second kappa shape index (κ2) is 5.46. The van der Waals surface area contributed by atoms with Gasteiger partial charge in [-0.1, -0.05) is 41.2 Å². The van der Waals surface area contributed by atoms with Crippen LogP contribution >= 0.6 is 11.8 Å². The molecule has 4 nitrogen and oxygen atoms in total. The Bertz CT molecular complexity index is 612. The number of amidine groups is 1. The van der Waals surface area contributed by atoms with Gasteiger partial charge in [-0.25, -0.2) is 0 Å². The molecule has 3 rings (SSSR count). The second-order valence-corrected chi connectivity index (χ2v) is 5.61. The van der Waals surface area contributed by atoms with E-state index in [0.29, 0.717) is 13.0 Å². The van der Waals surface area contributed by atoms with Gasteiger partial charge in [0.15, 0.2) is 0 Å². The van der Waals surface area contributed by atoms with E-state index in [4.69, 9.17) is 10.9 Å². The summed E-state index contributed by atoms with van der Waals surface area (Å²) in [6.45, 7) is 0.685. The highest BCUT2D eigenvalue weighted by molar-refractivity contribution is 7.99. The zero-order valence-electron chi connectivity index (χ0n) is 10.9. The Morgan fingerprint density at radius 3 is 2.15 bits per heavy atom. The SMILES string of the molecule is N/C(CCN1c2ccccc2Sc2ccccc21)=N/O. The van der Waals surface area contributed by atoms with E-state index in [1.54, 1.807) is 11.8 Å². The monoisotopic (exact) mass is 285 g/mol. The number of fused-ring (bicyclic) bond motifs is 2. The minimum Gasteiger partial charge on any atom is -0.409 e. The van der Waals surface area contributed by atoms with Crippen LogP contribution in [0.25, 0.3) is 0 Å². The predicted molar refractivity (Wildman–Crippen MR) is 82.0 cm³/mol. The third kappa shape index (κ3) is 2.32. The number of nitrogens with zero attached hydrogens (tertiary/aromatic N) is 2. The first-order valence-corrected chi connectivity index (χ1v) is 7.21. The molecular weight excluding hydrogens is 270 g/mol. The number of para-hydroxylation sites is 2. The van der Waals surface area contributed by atoms with Crippen molar-refractivity contribution in [1.29, 1.82) is 0 Å². The molecule has 2 aromatic carbocycles. The van der Waals surface area contributed by atoms with Crippen molar-refractivity contribution in [2.45, 2.75) is 16.2 Å². The van der Waals surface area contributed by atoms with Crippen LogP contribution < -0.4 is 10.6 Å². The fourth-order valence-corrected chi connectivity index (χ4v) is 3.39. The van der Waals surface area contributed by atoms with Crippen molar-refractivity contribution in [3.05, 3.63) is 48.5 Å². The van der Waals surface area contributed by atoms with Gasteiger partial charge >= 0.3 is 0 Å². The van der Waals surface area contributed by atoms with Gasteiger partial charge in [0.2, 0.25) is 0 Å². The van der Waals surface area contributed by atoms with Gasteiger partial charge in [0.25, 0.3) is 0 Å². The van der Waals surface area contributed by atoms with Crippen LogP contribution in [0.5, 0.6) is 0 Å². The van der Waals surface area contributed by atoms with Gasteiger partial charge in [0.1, 0.15) is 5.84 Å². The van der Waals surface area contributed by atoms with E-state index in [2.05, 4.69) is 34.3 Å². The van der Waals surface area contributed by atoms with Crippen molar-refractivity contribution < 1.29 is 5.21 Å². The number of anilines is 2. The van der Waals surface area contributed by atoms with Crippen molar-refractivity contribution >= 4 is 29.0 Å². The Kier molecular flexibility index (Phi) is 3.52. The van der Waals surface area contributed by atoms with Gasteiger partial charge in [-0.2, -0.15) is 0 Å². The Labute approximate surface area is 121 Å². The van der Waals surface area contributed by atoms with Crippen LogP contribution in [0, 0.1) is 0 Å². The molecule has 1 aliphatic rings. The molecule has 0 saturated carbocycles. The van der Waals surface area contributed by atoms with Gasteiger partial charge in [-0.05, 0) is 24.3 Å². The summed E-state index contributed by atoms with van der Waals surface area (Å²) in [6, 6.07) is 16.6. The molecule has 3 N–H and O–H groups in total. The number of benzene rings is 2. The third-order valence-corrected chi connectivity index (χ3v) is 4.38. The fraction of sp³-hybridized carbons (Fsp3) is 0.133. The van der Waals surface area contributed by atoms with Crippen molar-refractivity contribution in [2.75, 3.05) is 11.4 Å². The van der Waals surface area contributed by atoms with Crippen molar-refractivity contribution in [1.82, 2.24) is 0 Å². The van der Waals surface area contributed by atoms with Crippen LogP contribution in [0.15, 0.2) is 63.5 Å². The highest BCUT2D eigenvalue weighted by Gasteiger charge is 2.22. The van der Waals surface area contributed by atoms with Crippen molar-refractivity contribution in [3.63, 3.8) is 0 Å². The summed E-state index contributed by atoms with van der Waals surface area (Å²) in [4.78, 5) is 4.68. The molecule has 20 heavy (non-hydrogen) atoms. The van der Waals surface area contributed by atoms with E-state index in [9.17, 15) is 0 Å². The molecule has 0 atom stereocenters. The van der Waals surface area contributed by atoms with E-state index < -0.39 is 0 Å². The zero-order valence-corrected chi connectivity index (χ0v) is 11.7. The minimum absolute atomic E-state index is 0.248. The van der Waals surface area contributed by atoms with Crippen molar-refractivity contribution in [2.24, 2.45) is 10.9 Å². The molecule has 0 spiro atoms. The number of hydrogen-bond acceptors (Lipinski definition) is 4. The summed E-state index contributed by atoms with van der Waals surface area (Å²) < 4.78 is 0. The molecule has 0 aromatic heterocycles. The smallest absolute Gasteiger partial charge is 0.140 e. The maximum atomic E-state index is 8.70. The second-order valence-electron chi connectivity index (χ2n) is 4.53. The van der Waals surface area contributed by atoms with Gasteiger partial charge in [-0.15, -0.1) is 0 Å². The number of nitrogens with two attached hydrogens (primary N) is 1. The lowest BCUT2D eigenvalue weighted by atomic mass is 10.2. The largest absolute Gasteiger partial charge is 0.409 e. The van der Waals surface area contributed by atoms with Crippen molar-refractivity contribution in [3.8, 4) is 0 Å². The van der Waals surface area contributed by atoms with E-state index >= 15 is 0 Å². The molecular formula is C15H15N3OS. The zero-order chi connectivity index (χ0) is 13.9. The number of hydrogen-bond donors (Lipinski definition) is 2. The summed E-state index contributed by atoms with van der Waals surface area (Å²) in [5, 5.41) is 11.7. The van der Waals surface area contributed by atoms with E-state index in [1.165, 1.54) is 21.2 Å². The molecule has 2 aromatic rings. The molecule has 0 amide bonds. The Hall–Kier alpha value is -2.14. The normalized spacial score (nSPS) is 13.8. The highest BCUT2D eigenvalue weighted by atomic mass is 32.2. The summed E-state index contributed by atoms with van der Waals surface area (Å²) in [5.41, 5.74) is 7.94. The maximum absolute atomic E-state index is 8.70. The molecule has 0 bridgehead atoms. The quantitative estimate of drug-likeness (QED) is 0.392. The average Bonchev–Trinajstić information content (AvgIpc) is 2.51. The molecule has 0 saturated heterocycles. The summed E-state index contributed by atoms with van der Waals surface area (Å²) in [5.74, 6) is 0.248. The number of oxime groups is 1. The third-order valence-electron chi connectivity index (χ3n) is 3.25. The summed E-state index contributed by atoms with van der Waals surface area (Å²) in [7, 11) is 0. The maximum Gasteiger partial charge on any atom is 0.140 e. The lowest BCUT2D eigenvalue weighted by molar-refractivity contribution is 0.317. The molecule has 5 heteroatoms. The molecule has 1 aliphatic heterocycles. The standard InChI is InChI=1S/C15H15N3OS/c16-15(17-19)9-10-18-11-5-1-3-7-13(11)20-14-8-4-2-6-12(14)18/h1-8,19H,9-10H2,(H2,16,17). The van der Waals surface area contributed by atoms with E-state index in [1.807, 2.05) is 24.3 Å². The Morgan fingerprint density at radius 2 is 1.60 bits per heavy atom. The van der Waals surface area contributed by atoms with E-state index in [-0.39, 0.29) is 5.84 Å². The lowest BCUT2D eigenvalue weighted by Gasteiger charge is -2.32. The molecule has 102 valence electrons. The van der Waals surface area contributed by atoms with E-state index in [0.717, 1.165) is 0 Å². The molecule has 0 radical (unpaired) electrons. The summed E-state index contributed by atoms with van der Waals surface area (Å²) in [6.07, 6.45) is 0.518. The lowest BCUT2D eigenvalue weighted by Crippen LogP contribution is -2.26.